The molecular formula is C29H43N5O8. The zero-order chi connectivity index (χ0) is 31.7. The summed E-state index contributed by atoms with van der Waals surface area (Å²) in [6, 6.07) is 8.85. The monoisotopic (exact) mass is 589 g/mol. The second-order valence-corrected chi connectivity index (χ2v) is 11.9. The Morgan fingerprint density at radius 1 is 0.952 bits per heavy atom. The van der Waals surface area contributed by atoms with E-state index in [4.69, 9.17) is 25.2 Å². The van der Waals surface area contributed by atoms with Crippen molar-refractivity contribution in [1.82, 2.24) is 20.2 Å². The highest BCUT2D eigenvalue weighted by atomic mass is 16.5. The molecule has 2 aromatic rings. The lowest BCUT2D eigenvalue weighted by Crippen LogP contribution is -2.62. The molecule has 1 aliphatic rings. The third kappa shape index (κ3) is 10.9. The van der Waals surface area contributed by atoms with Gasteiger partial charge in [0.15, 0.2) is 5.60 Å². The summed E-state index contributed by atoms with van der Waals surface area (Å²) in [5, 5.41) is 40.6. The molecule has 0 unspecified atom stereocenters. The number of nitrogens with zero attached hydrogens (tertiary/aromatic N) is 3. The fraction of sp³-hybridized carbons (Fsp3) is 0.552. The van der Waals surface area contributed by atoms with Crippen LogP contribution in [0, 0.1) is 0 Å². The van der Waals surface area contributed by atoms with Crippen LogP contribution >= 0.6 is 0 Å². The van der Waals surface area contributed by atoms with Gasteiger partial charge in [-0.25, -0.2) is 14.8 Å². The minimum absolute atomic E-state index is 0.0943. The van der Waals surface area contributed by atoms with Crippen LogP contribution in [0.25, 0.3) is 0 Å². The Hall–Kier alpha value is -3.81. The summed E-state index contributed by atoms with van der Waals surface area (Å²) in [6.45, 7) is 10.9. The molecule has 1 aromatic heterocycles. The molecule has 42 heavy (non-hydrogen) atoms. The van der Waals surface area contributed by atoms with Crippen molar-refractivity contribution < 1.29 is 39.5 Å². The summed E-state index contributed by atoms with van der Waals surface area (Å²) in [4.78, 5) is 41.9. The number of carbonyl (C=O) groups is 3. The molecule has 1 aromatic carbocycles. The first-order valence-electron chi connectivity index (χ1n) is 13.5. The van der Waals surface area contributed by atoms with Gasteiger partial charge in [0.2, 0.25) is 5.95 Å². The van der Waals surface area contributed by atoms with E-state index in [1.807, 2.05) is 31.6 Å². The average Bonchev–Trinajstić information content (AvgIpc) is 2.86. The minimum atomic E-state index is -2.74. The number of ether oxygens (including phenoxy) is 1. The summed E-state index contributed by atoms with van der Waals surface area (Å²) < 4.78 is 5.32. The number of hydrogen-bond acceptors (Lipinski definition) is 10. The SMILES string of the molecule is CNc1ncc(CN(Cc2ccc(OC)cc2)C2CC(C)(C)NC(C)(C)C2)cn1.O=C(O)CC(O)(CC(=O)O)C(=O)O. The van der Waals surface area contributed by atoms with E-state index in [-0.39, 0.29) is 11.1 Å². The first-order chi connectivity index (χ1) is 19.5. The predicted octanol–water partition coefficient (Wildman–Crippen LogP) is 2.59. The molecule has 0 radical (unpaired) electrons. The minimum Gasteiger partial charge on any atom is -0.497 e. The normalized spacial score (nSPS) is 16.2. The van der Waals surface area contributed by atoms with E-state index in [0.717, 1.165) is 37.2 Å². The molecule has 0 atom stereocenters. The Morgan fingerprint density at radius 2 is 1.43 bits per heavy atom. The molecule has 232 valence electrons. The van der Waals surface area contributed by atoms with Crippen molar-refractivity contribution >= 4 is 23.9 Å². The Kier molecular flexibility index (Phi) is 11.8. The number of hydrogen-bond donors (Lipinski definition) is 6. The van der Waals surface area contributed by atoms with Crippen LogP contribution in [0.15, 0.2) is 36.7 Å². The summed E-state index contributed by atoms with van der Waals surface area (Å²) in [5.74, 6) is -3.48. The van der Waals surface area contributed by atoms with Crippen LogP contribution in [-0.4, -0.2) is 90.1 Å². The number of carboxylic acid groups (broad SMARTS) is 3. The number of carboxylic acids is 3. The fourth-order valence-electron chi connectivity index (χ4n) is 5.32. The third-order valence-corrected chi connectivity index (χ3v) is 6.83. The molecule has 6 N–H and O–H groups in total. The van der Waals surface area contributed by atoms with Crippen molar-refractivity contribution in [3.63, 3.8) is 0 Å². The van der Waals surface area contributed by atoms with Gasteiger partial charge in [0.1, 0.15) is 5.75 Å². The smallest absolute Gasteiger partial charge is 0.336 e. The van der Waals surface area contributed by atoms with Gasteiger partial charge in [-0.05, 0) is 58.2 Å². The van der Waals surface area contributed by atoms with Crippen molar-refractivity contribution in [2.45, 2.75) is 89.2 Å². The highest BCUT2D eigenvalue weighted by Gasteiger charge is 2.41. The number of rotatable bonds is 12. The van der Waals surface area contributed by atoms with Gasteiger partial charge in [0, 0.05) is 55.2 Å². The Labute approximate surface area is 245 Å². The van der Waals surface area contributed by atoms with E-state index in [1.165, 1.54) is 5.56 Å². The average molecular weight is 590 g/mol. The summed E-state index contributed by atoms with van der Waals surface area (Å²) in [7, 11) is 3.54. The highest BCUT2D eigenvalue weighted by molar-refractivity contribution is 5.88. The van der Waals surface area contributed by atoms with Crippen LogP contribution in [0.4, 0.5) is 5.95 Å². The van der Waals surface area contributed by atoms with E-state index < -0.39 is 36.4 Å². The van der Waals surface area contributed by atoms with Crippen molar-refractivity contribution in [3.8, 4) is 5.75 Å². The lowest BCUT2D eigenvalue weighted by molar-refractivity contribution is -0.170. The number of aromatic nitrogens is 2. The van der Waals surface area contributed by atoms with Crippen molar-refractivity contribution in [1.29, 1.82) is 0 Å². The molecule has 13 heteroatoms. The molecule has 1 fully saturated rings. The van der Waals surface area contributed by atoms with Gasteiger partial charge in [-0.15, -0.1) is 0 Å². The largest absolute Gasteiger partial charge is 0.497 e. The van der Waals surface area contributed by atoms with Crippen molar-refractivity contribution in [2.75, 3.05) is 19.5 Å². The van der Waals surface area contributed by atoms with Gasteiger partial charge in [0.25, 0.3) is 0 Å². The van der Waals surface area contributed by atoms with E-state index in [1.54, 1.807) is 7.11 Å². The molecule has 3 rings (SSSR count). The molecular weight excluding hydrogens is 546 g/mol. The standard InChI is InChI=1S/C23H35N5O.C6H8O7/c1-22(2)11-19(12-23(3,4)27-22)28(15-17-7-9-20(29-6)10-8-17)16-18-13-25-21(24-5)26-14-18;7-3(8)1-6(13,5(11)12)2-4(9)10/h7-10,13-14,19,27H,11-12,15-16H2,1-6H3,(H,24,25,26);13H,1-2H2,(H,7,8)(H,9,10)(H,11,12). The van der Waals surface area contributed by atoms with Crippen molar-refractivity contribution in [3.05, 3.63) is 47.8 Å². The van der Waals surface area contributed by atoms with Crippen LogP contribution in [0.2, 0.25) is 0 Å². The van der Waals surface area contributed by atoms with Crippen molar-refractivity contribution in [2.24, 2.45) is 0 Å². The second kappa shape index (κ2) is 14.4. The predicted molar refractivity (Wildman–Crippen MR) is 155 cm³/mol. The number of piperidine rings is 1. The van der Waals surface area contributed by atoms with Gasteiger partial charge in [-0.1, -0.05) is 12.1 Å². The van der Waals surface area contributed by atoms with Crippen LogP contribution < -0.4 is 15.4 Å². The summed E-state index contributed by atoms with van der Waals surface area (Å²) >= 11 is 0. The molecule has 0 spiro atoms. The van der Waals surface area contributed by atoms with E-state index >= 15 is 0 Å². The topological polar surface area (TPSA) is 194 Å². The summed E-state index contributed by atoms with van der Waals surface area (Å²) in [6.07, 6.45) is 3.77. The Bertz CT molecular complexity index is 1120. The lowest BCUT2D eigenvalue weighted by atomic mass is 9.79. The number of aliphatic carboxylic acids is 3. The maximum atomic E-state index is 10.3. The lowest BCUT2D eigenvalue weighted by Gasteiger charge is -2.49. The van der Waals surface area contributed by atoms with E-state index in [2.05, 4.69) is 65.3 Å². The highest BCUT2D eigenvalue weighted by Crippen LogP contribution is 2.33. The second-order valence-electron chi connectivity index (χ2n) is 11.9. The number of methoxy groups -OCH3 is 1. The maximum absolute atomic E-state index is 10.3. The molecule has 1 saturated heterocycles. The zero-order valence-electron chi connectivity index (χ0n) is 25.0. The van der Waals surface area contributed by atoms with Crippen LogP contribution in [0.5, 0.6) is 5.75 Å². The number of nitrogens with one attached hydrogen (secondary N) is 2. The van der Waals surface area contributed by atoms with Gasteiger partial charge in [-0.2, -0.15) is 0 Å². The summed E-state index contributed by atoms with van der Waals surface area (Å²) in [5.41, 5.74) is -0.134. The van der Waals surface area contributed by atoms with Crippen LogP contribution in [-0.2, 0) is 27.5 Å². The number of benzene rings is 1. The van der Waals surface area contributed by atoms with Gasteiger partial charge in [0.05, 0.1) is 20.0 Å². The maximum Gasteiger partial charge on any atom is 0.336 e. The van der Waals surface area contributed by atoms with Gasteiger partial charge < -0.3 is 35.8 Å². The zero-order valence-corrected chi connectivity index (χ0v) is 25.0. The Balaban J connectivity index is 0.000000401. The molecule has 0 bridgehead atoms. The first-order valence-corrected chi connectivity index (χ1v) is 13.5. The molecule has 1 aliphatic heterocycles. The van der Waals surface area contributed by atoms with E-state index in [0.29, 0.717) is 12.0 Å². The Morgan fingerprint density at radius 3 is 1.83 bits per heavy atom. The number of aliphatic hydroxyl groups is 1. The van der Waals surface area contributed by atoms with Gasteiger partial charge >= 0.3 is 17.9 Å². The molecule has 13 nitrogen and oxygen atoms in total. The molecule has 0 aliphatic carbocycles. The van der Waals surface area contributed by atoms with Crippen LogP contribution in [0.1, 0.15) is 64.5 Å². The molecule has 0 amide bonds. The van der Waals surface area contributed by atoms with Gasteiger partial charge in [-0.3, -0.25) is 14.5 Å². The fourth-order valence-corrected chi connectivity index (χ4v) is 5.32. The first kappa shape index (κ1) is 34.4. The van der Waals surface area contributed by atoms with E-state index in [9.17, 15) is 14.4 Å². The molecule has 2 heterocycles. The third-order valence-electron chi connectivity index (χ3n) is 6.83. The quantitative estimate of drug-likeness (QED) is 0.212. The van der Waals surface area contributed by atoms with Crippen LogP contribution in [0.3, 0.4) is 0 Å². The number of anilines is 1. The molecule has 0 saturated carbocycles.